The molecular weight excluding hydrogens is 212 g/mol. The van der Waals surface area contributed by atoms with Crippen molar-refractivity contribution in [3.05, 3.63) is 0 Å². The van der Waals surface area contributed by atoms with Crippen molar-refractivity contribution >= 4 is 27.7 Å². The lowest BCUT2D eigenvalue weighted by Crippen LogP contribution is -2.23. The Labute approximate surface area is 74.2 Å². The fraction of sp³-hybridized carbons (Fsp3) is 0.714. The average molecular weight is 223 g/mol. The van der Waals surface area contributed by atoms with E-state index in [1.165, 1.54) is 0 Å². The van der Waals surface area contributed by atoms with Crippen molar-refractivity contribution < 1.29 is 14.3 Å². The second-order valence-electron chi connectivity index (χ2n) is 2.07. The molecule has 0 aliphatic heterocycles. The lowest BCUT2D eigenvalue weighted by atomic mass is 10.1. The smallest absolute Gasteiger partial charge is 0.316 e. The monoisotopic (exact) mass is 222 g/mol. The Balaban J connectivity index is 3.91. The number of carbonyl (C=O) groups excluding carboxylic acids is 2. The molecule has 0 aliphatic carbocycles. The summed E-state index contributed by atoms with van der Waals surface area (Å²) in [5.41, 5.74) is 0. The molecule has 0 rings (SSSR count). The third kappa shape index (κ3) is 3.51. The fourth-order valence-electron chi connectivity index (χ4n) is 0.514. The third-order valence-electron chi connectivity index (χ3n) is 1.25. The molecule has 0 saturated heterocycles. The number of halogens is 1. The quantitative estimate of drug-likeness (QED) is 0.408. The van der Waals surface area contributed by atoms with Crippen LogP contribution >= 0.6 is 15.9 Å². The van der Waals surface area contributed by atoms with Gasteiger partial charge in [0.25, 0.3) is 0 Å². The van der Waals surface area contributed by atoms with Gasteiger partial charge in [-0.1, -0.05) is 15.9 Å². The summed E-state index contributed by atoms with van der Waals surface area (Å²) in [6, 6.07) is 0. The van der Waals surface area contributed by atoms with Gasteiger partial charge in [0, 0.05) is 0 Å². The van der Waals surface area contributed by atoms with Crippen molar-refractivity contribution in [2.75, 3.05) is 11.9 Å². The van der Waals surface area contributed by atoms with Gasteiger partial charge in [0.05, 0.1) is 11.9 Å². The van der Waals surface area contributed by atoms with Crippen molar-refractivity contribution in [3.8, 4) is 0 Å². The molecule has 64 valence electrons. The number of carbonyl (C=O) groups is 2. The highest BCUT2D eigenvalue weighted by Crippen LogP contribution is 2.02. The number of ketones is 1. The zero-order chi connectivity index (χ0) is 8.85. The molecule has 0 fully saturated rings. The maximum absolute atomic E-state index is 10.9. The van der Waals surface area contributed by atoms with Crippen LogP contribution < -0.4 is 0 Å². The van der Waals surface area contributed by atoms with Crippen LogP contribution in [-0.2, 0) is 14.3 Å². The van der Waals surface area contributed by atoms with Gasteiger partial charge in [0.1, 0.15) is 5.92 Å². The lowest BCUT2D eigenvalue weighted by molar-refractivity contribution is -0.150. The second-order valence-corrected chi connectivity index (χ2v) is 2.63. The molecule has 0 aromatic carbocycles. The van der Waals surface area contributed by atoms with Crippen LogP contribution in [0, 0.1) is 5.92 Å². The molecule has 0 radical (unpaired) electrons. The predicted molar refractivity (Wildman–Crippen MR) is 44.6 cm³/mol. The van der Waals surface area contributed by atoms with Gasteiger partial charge >= 0.3 is 5.97 Å². The summed E-state index contributed by atoms with van der Waals surface area (Å²) in [6.45, 7) is 3.57. The number of hydrogen-bond acceptors (Lipinski definition) is 3. The lowest BCUT2D eigenvalue weighted by Gasteiger charge is -2.06. The third-order valence-corrected chi connectivity index (χ3v) is 1.81. The van der Waals surface area contributed by atoms with Crippen LogP contribution in [0.25, 0.3) is 0 Å². The zero-order valence-corrected chi connectivity index (χ0v) is 8.18. The van der Waals surface area contributed by atoms with Crippen molar-refractivity contribution in [2.45, 2.75) is 13.8 Å². The van der Waals surface area contributed by atoms with E-state index in [9.17, 15) is 9.59 Å². The van der Waals surface area contributed by atoms with Gasteiger partial charge in [-0.15, -0.1) is 0 Å². The minimum absolute atomic E-state index is 0.150. The summed E-state index contributed by atoms with van der Waals surface area (Å²) in [5, 5.41) is 0.201. The van der Waals surface area contributed by atoms with E-state index in [2.05, 4.69) is 20.7 Å². The van der Waals surface area contributed by atoms with Gasteiger partial charge in [0.15, 0.2) is 5.78 Å². The molecule has 4 heteroatoms. The van der Waals surface area contributed by atoms with Gasteiger partial charge in [-0.3, -0.25) is 9.59 Å². The molecule has 0 N–H and O–H groups in total. The van der Waals surface area contributed by atoms with Crippen molar-refractivity contribution in [1.82, 2.24) is 0 Å². The maximum Gasteiger partial charge on any atom is 0.316 e. The van der Waals surface area contributed by atoms with E-state index in [1.54, 1.807) is 13.8 Å². The average Bonchev–Trinajstić information content (AvgIpc) is 2.02. The largest absolute Gasteiger partial charge is 0.465 e. The Bertz CT molecular complexity index is 156. The van der Waals surface area contributed by atoms with Crippen LogP contribution in [0.4, 0.5) is 0 Å². The van der Waals surface area contributed by atoms with E-state index >= 15 is 0 Å². The SMILES string of the molecule is CCOC(=O)[C@H](C)C(=O)CBr. The van der Waals surface area contributed by atoms with E-state index in [1.807, 2.05) is 0 Å². The first-order valence-electron chi connectivity index (χ1n) is 3.38. The van der Waals surface area contributed by atoms with Crippen LogP contribution in [0.1, 0.15) is 13.8 Å². The van der Waals surface area contributed by atoms with Gasteiger partial charge in [-0.2, -0.15) is 0 Å². The van der Waals surface area contributed by atoms with E-state index in [4.69, 9.17) is 0 Å². The van der Waals surface area contributed by atoms with Gasteiger partial charge in [-0.25, -0.2) is 0 Å². The van der Waals surface area contributed by atoms with Gasteiger partial charge in [0.2, 0.25) is 0 Å². The number of esters is 1. The highest BCUT2D eigenvalue weighted by atomic mass is 79.9. The first-order chi connectivity index (χ1) is 5.13. The second kappa shape index (κ2) is 5.29. The minimum atomic E-state index is -0.644. The normalized spacial score (nSPS) is 12.3. The van der Waals surface area contributed by atoms with E-state index in [0.717, 1.165) is 0 Å². The summed E-state index contributed by atoms with van der Waals surface area (Å²) in [5.74, 6) is -1.24. The number of ether oxygens (including phenoxy) is 1. The summed E-state index contributed by atoms with van der Waals surface area (Å²) in [4.78, 5) is 21.8. The Kier molecular flexibility index (Phi) is 5.11. The molecule has 11 heavy (non-hydrogen) atoms. The summed E-state index contributed by atoms with van der Waals surface area (Å²) < 4.78 is 4.65. The summed E-state index contributed by atoms with van der Waals surface area (Å²) in [6.07, 6.45) is 0. The molecule has 1 atom stereocenters. The van der Waals surface area contributed by atoms with Crippen molar-refractivity contribution in [2.24, 2.45) is 5.92 Å². The first kappa shape index (κ1) is 10.6. The van der Waals surface area contributed by atoms with E-state index in [0.29, 0.717) is 6.61 Å². The summed E-state index contributed by atoms with van der Waals surface area (Å²) >= 11 is 2.98. The molecule has 3 nitrogen and oxygen atoms in total. The Hall–Kier alpha value is -0.380. The Morgan fingerprint density at radius 3 is 2.45 bits per heavy atom. The molecule has 0 bridgehead atoms. The Morgan fingerprint density at radius 2 is 2.09 bits per heavy atom. The number of hydrogen-bond donors (Lipinski definition) is 0. The molecule has 0 spiro atoms. The highest BCUT2D eigenvalue weighted by molar-refractivity contribution is 9.09. The van der Waals surface area contributed by atoms with Crippen LogP contribution in [0.3, 0.4) is 0 Å². The molecule has 0 aromatic heterocycles. The van der Waals surface area contributed by atoms with Gasteiger partial charge < -0.3 is 4.74 Å². The first-order valence-corrected chi connectivity index (χ1v) is 4.51. The molecule has 0 saturated carbocycles. The van der Waals surface area contributed by atoms with Crippen LogP contribution in [-0.4, -0.2) is 23.7 Å². The number of Topliss-reactive ketones (excluding diaryl/α,β-unsaturated/α-hetero) is 1. The number of alkyl halides is 1. The molecule has 0 aromatic rings. The van der Waals surface area contributed by atoms with E-state index in [-0.39, 0.29) is 11.1 Å². The van der Waals surface area contributed by atoms with Crippen molar-refractivity contribution in [3.63, 3.8) is 0 Å². The van der Waals surface area contributed by atoms with Crippen LogP contribution in [0.15, 0.2) is 0 Å². The molecule has 0 heterocycles. The Morgan fingerprint density at radius 1 is 1.55 bits per heavy atom. The topological polar surface area (TPSA) is 43.4 Å². The predicted octanol–water partition coefficient (Wildman–Crippen LogP) is 1.15. The van der Waals surface area contributed by atoms with E-state index < -0.39 is 11.9 Å². The fourth-order valence-corrected chi connectivity index (χ4v) is 1.00. The number of rotatable bonds is 4. The molecule has 0 amide bonds. The van der Waals surface area contributed by atoms with Crippen LogP contribution in [0.2, 0.25) is 0 Å². The minimum Gasteiger partial charge on any atom is -0.465 e. The summed E-state index contributed by atoms with van der Waals surface area (Å²) in [7, 11) is 0. The van der Waals surface area contributed by atoms with Crippen LogP contribution in [0.5, 0.6) is 0 Å². The molecular formula is C7H11BrO3. The molecule has 0 unspecified atom stereocenters. The standard InChI is InChI=1S/C7H11BrO3/c1-3-11-7(10)5(2)6(9)4-8/h5H,3-4H2,1-2H3/t5-/m1/s1. The van der Waals surface area contributed by atoms with Crippen molar-refractivity contribution in [1.29, 1.82) is 0 Å². The molecule has 0 aliphatic rings. The zero-order valence-electron chi connectivity index (χ0n) is 6.59. The maximum atomic E-state index is 10.9. The van der Waals surface area contributed by atoms with Gasteiger partial charge in [-0.05, 0) is 13.8 Å². The highest BCUT2D eigenvalue weighted by Gasteiger charge is 2.20.